The van der Waals surface area contributed by atoms with E-state index in [9.17, 15) is 0 Å². The van der Waals surface area contributed by atoms with Crippen molar-refractivity contribution in [3.8, 4) is 23.0 Å². The molecule has 4 nitrogen and oxygen atoms in total. The molecule has 0 N–H and O–H groups in total. The van der Waals surface area contributed by atoms with Gasteiger partial charge in [-0.2, -0.15) is 0 Å². The zero-order valence-electron chi connectivity index (χ0n) is 31.7. The fourth-order valence-corrected chi connectivity index (χ4v) is 7.88. The van der Waals surface area contributed by atoms with Gasteiger partial charge in [0, 0.05) is 10.8 Å². The van der Waals surface area contributed by atoms with Gasteiger partial charge in [0.05, 0.1) is 56.6 Å². The van der Waals surface area contributed by atoms with Gasteiger partial charge in [0.1, 0.15) is 11.5 Å². The second-order valence-electron chi connectivity index (χ2n) is 14.3. The molecule has 0 atom stereocenters. The largest absolute Gasteiger partial charge is 0.492 e. The van der Waals surface area contributed by atoms with Crippen LogP contribution in [-0.2, 0) is 10.8 Å². The van der Waals surface area contributed by atoms with Crippen molar-refractivity contribution in [2.75, 3.05) is 26.4 Å². The van der Waals surface area contributed by atoms with Crippen molar-refractivity contribution in [1.29, 1.82) is 0 Å². The molecule has 0 saturated heterocycles. The normalized spacial score (nSPS) is 11.7. The van der Waals surface area contributed by atoms with Crippen LogP contribution < -0.4 is 18.9 Å². The highest BCUT2D eigenvalue weighted by atomic mass is 35.5. The van der Waals surface area contributed by atoms with Gasteiger partial charge in [-0.05, 0) is 109 Å². The van der Waals surface area contributed by atoms with Crippen LogP contribution in [0, 0.1) is 13.8 Å². The zero-order chi connectivity index (χ0) is 39.8. The predicted octanol–water partition coefficient (Wildman–Crippen LogP) is 15.0. The summed E-state index contributed by atoms with van der Waals surface area (Å²) in [6.07, 6.45) is 6.48. The van der Waals surface area contributed by atoms with Crippen LogP contribution in [-0.4, -0.2) is 26.4 Å². The van der Waals surface area contributed by atoms with Gasteiger partial charge in [-0.25, -0.2) is 0 Å². The Balaban J connectivity index is 1.35. The number of halogens is 6. The lowest BCUT2D eigenvalue weighted by molar-refractivity contribution is 0.266. The summed E-state index contributed by atoms with van der Waals surface area (Å²) in [7, 11) is 0. The van der Waals surface area contributed by atoms with E-state index in [1.807, 2.05) is 56.3 Å². The smallest absolute Gasteiger partial charge is 0.156 e. The molecular weight excluding hydrogens is 805 g/mol. The molecule has 290 valence electrons. The summed E-state index contributed by atoms with van der Waals surface area (Å²) < 4.78 is 23.9. The van der Waals surface area contributed by atoms with Crippen LogP contribution in [0.25, 0.3) is 0 Å². The van der Waals surface area contributed by atoms with E-state index in [-0.39, 0.29) is 0 Å². The maximum absolute atomic E-state index is 6.80. The molecule has 10 heteroatoms. The van der Waals surface area contributed by atoms with E-state index < -0.39 is 10.8 Å². The van der Waals surface area contributed by atoms with Crippen molar-refractivity contribution in [1.82, 2.24) is 0 Å². The van der Waals surface area contributed by atoms with E-state index in [2.05, 4.69) is 53.0 Å². The van der Waals surface area contributed by atoms with Crippen LogP contribution in [0.4, 0.5) is 0 Å². The minimum Gasteiger partial charge on any atom is -0.492 e. The monoisotopic (exact) mass is 850 g/mol. The molecule has 54 heavy (non-hydrogen) atoms. The lowest BCUT2D eigenvalue weighted by atomic mass is 9.77. The summed E-state index contributed by atoms with van der Waals surface area (Å²) in [6, 6.07) is 15.6. The lowest BCUT2D eigenvalue weighted by Crippen LogP contribution is -2.20. The molecule has 0 radical (unpaired) electrons. The highest BCUT2D eigenvalue weighted by Gasteiger charge is 2.29. The number of ether oxygens (including phenoxy) is 4. The van der Waals surface area contributed by atoms with Crippen LogP contribution in [0.1, 0.15) is 86.8 Å². The van der Waals surface area contributed by atoms with Crippen LogP contribution in [0.15, 0.2) is 73.8 Å². The maximum atomic E-state index is 6.80. The average Bonchev–Trinajstić information content (AvgIpc) is 3.10. The van der Waals surface area contributed by atoms with Crippen molar-refractivity contribution in [3.63, 3.8) is 0 Å². The number of rotatable bonds is 19. The molecule has 4 aromatic rings. The molecule has 0 bridgehead atoms. The molecule has 0 heterocycles. The molecule has 0 saturated carbocycles. The fraction of sp³-hybridized carbons (Fsp3) is 0.364. The third-order valence-electron chi connectivity index (χ3n) is 9.51. The molecular formula is C44H48Cl6O4. The zero-order valence-corrected chi connectivity index (χ0v) is 36.3. The summed E-state index contributed by atoms with van der Waals surface area (Å²) in [6.45, 7) is 21.7. The Kier molecular flexibility index (Phi) is 15.8. The number of hydrogen-bond donors (Lipinski definition) is 0. The van der Waals surface area contributed by atoms with E-state index in [1.165, 1.54) is 0 Å². The maximum Gasteiger partial charge on any atom is 0.156 e. The molecule has 0 amide bonds. The standard InChI is InChI=1S/C44H48Cl6O4/c1-9-11-15-51-39-27(3)19-29(21-33(39)45)43(5,6)32-25-37(49)42(38(50)26-32)54-18-14-13-17-52-40-28(4)20-30(22-34(40)46)44(7,8)31-23-35(47)41(36(48)24-31)53-16-12-10-2/h9-10,19-26H,1-2,11-18H2,3-8H3. The van der Waals surface area contributed by atoms with Crippen molar-refractivity contribution >= 4 is 69.6 Å². The molecule has 0 fully saturated rings. The minimum absolute atomic E-state index is 0.413. The second kappa shape index (κ2) is 19.4. The first-order valence-corrected chi connectivity index (χ1v) is 20.1. The summed E-state index contributed by atoms with van der Waals surface area (Å²) in [5.41, 5.74) is 4.87. The summed E-state index contributed by atoms with van der Waals surface area (Å²) >= 11 is 40.1. The van der Waals surface area contributed by atoms with Gasteiger partial charge >= 0.3 is 0 Å². The average molecular weight is 854 g/mol. The first kappa shape index (κ1) is 44.0. The van der Waals surface area contributed by atoms with E-state index in [0.29, 0.717) is 86.0 Å². The van der Waals surface area contributed by atoms with E-state index in [0.717, 1.165) is 52.6 Å². The Morgan fingerprint density at radius 1 is 0.444 bits per heavy atom. The van der Waals surface area contributed by atoms with E-state index >= 15 is 0 Å². The van der Waals surface area contributed by atoms with Crippen molar-refractivity contribution in [2.24, 2.45) is 0 Å². The van der Waals surface area contributed by atoms with Gasteiger partial charge in [0.25, 0.3) is 0 Å². The topological polar surface area (TPSA) is 36.9 Å². The Morgan fingerprint density at radius 3 is 1.02 bits per heavy atom. The molecule has 0 unspecified atom stereocenters. The molecule has 0 aliphatic carbocycles. The number of aryl methyl sites for hydroxylation is 2. The highest BCUT2D eigenvalue weighted by Crippen LogP contribution is 2.44. The summed E-state index contributed by atoms with van der Waals surface area (Å²) in [5, 5.41) is 2.88. The number of benzene rings is 4. The SMILES string of the molecule is C=CCCOc1c(C)cc(C(C)(C)c2cc(Cl)c(OCCCCOc3c(C)cc(C(C)(C)c4cc(Cl)c(OCCC=C)c(Cl)c4)cc3Cl)c(Cl)c2)cc1Cl. The molecule has 0 aromatic heterocycles. The summed E-state index contributed by atoms with van der Waals surface area (Å²) in [5.74, 6) is 2.25. The number of hydrogen-bond acceptors (Lipinski definition) is 4. The number of unbranched alkanes of at least 4 members (excludes halogenated alkanes) is 1. The molecule has 0 aliphatic heterocycles. The second-order valence-corrected chi connectivity index (χ2v) is 16.7. The molecule has 0 aliphatic rings. The minimum atomic E-state index is -0.452. The third-order valence-corrected chi connectivity index (χ3v) is 11.2. The van der Waals surface area contributed by atoms with Crippen molar-refractivity contribution in [3.05, 3.63) is 137 Å². The molecule has 4 rings (SSSR count). The fourth-order valence-electron chi connectivity index (χ4n) is 6.04. The van der Waals surface area contributed by atoms with Gasteiger partial charge < -0.3 is 18.9 Å². The Labute approximate surface area is 351 Å². The third kappa shape index (κ3) is 10.6. The predicted molar refractivity (Wildman–Crippen MR) is 230 cm³/mol. The quantitative estimate of drug-likeness (QED) is 0.0696. The Hall–Kier alpha value is -2.70. The lowest BCUT2D eigenvalue weighted by Gasteiger charge is -2.28. The van der Waals surface area contributed by atoms with Crippen LogP contribution in [0.5, 0.6) is 23.0 Å². The van der Waals surface area contributed by atoms with Crippen LogP contribution >= 0.6 is 69.6 Å². The van der Waals surface area contributed by atoms with Gasteiger partial charge in [0.2, 0.25) is 0 Å². The van der Waals surface area contributed by atoms with E-state index in [4.69, 9.17) is 88.6 Å². The van der Waals surface area contributed by atoms with Gasteiger partial charge in [0.15, 0.2) is 11.5 Å². The van der Waals surface area contributed by atoms with E-state index in [1.54, 1.807) is 6.08 Å². The van der Waals surface area contributed by atoms with Crippen molar-refractivity contribution < 1.29 is 18.9 Å². The summed E-state index contributed by atoms with van der Waals surface area (Å²) in [4.78, 5) is 0. The first-order valence-electron chi connectivity index (χ1n) is 17.9. The first-order chi connectivity index (χ1) is 25.5. The van der Waals surface area contributed by atoms with Gasteiger partial charge in [-0.1, -0.05) is 122 Å². The van der Waals surface area contributed by atoms with Gasteiger partial charge in [-0.3, -0.25) is 0 Å². The Bertz CT molecular complexity index is 1740. The molecule has 0 spiro atoms. The molecule has 4 aromatic carbocycles. The highest BCUT2D eigenvalue weighted by molar-refractivity contribution is 6.38. The van der Waals surface area contributed by atoms with Crippen LogP contribution in [0.3, 0.4) is 0 Å². The van der Waals surface area contributed by atoms with Crippen molar-refractivity contribution in [2.45, 2.75) is 78.1 Å². The Morgan fingerprint density at radius 2 is 0.704 bits per heavy atom. The van der Waals surface area contributed by atoms with Gasteiger partial charge in [-0.15, -0.1) is 13.2 Å². The van der Waals surface area contributed by atoms with Crippen LogP contribution in [0.2, 0.25) is 30.1 Å².